The fourth-order valence-corrected chi connectivity index (χ4v) is 2.34. The van der Waals surface area contributed by atoms with Crippen molar-refractivity contribution in [2.45, 2.75) is 33.3 Å². The molecule has 1 fully saturated rings. The molecule has 2 rings (SSSR count). The van der Waals surface area contributed by atoms with Crippen molar-refractivity contribution in [1.82, 2.24) is 0 Å². The Morgan fingerprint density at radius 1 is 1.29 bits per heavy atom. The number of nitrogens with zero attached hydrogens (tertiary/aromatic N) is 1. The van der Waals surface area contributed by atoms with Gasteiger partial charge in [-0.15, -0.1) is 0 Å². The maximum atomic E-state index is 13.1. The quantitative estimate of drug-likeness (QED) is 0.855. The molecular weight excluding hydrogens is 217 g/mol. The van der Waals surface area contributed by atoms with Gasteiger partial charge in [0.15, 0.2) is 0 Å². The number of hydrogen-bond acceptors (Lipinski definition) is 2. The largest absolute Gasteiger partial charge is 0.392 e. The van der Waals surface area contributed by atoms with Gasteiger partial charge >= 0.3 is 0 Å². The minimum absolute atomic E-state index is 0.104. The lowest BCUT2D eigenvalue weighted by Crippen LogP contribution is -2.37. The SMILES string of the molecule is CC1(C)CCN(c2ccc(F)cc2CO)CC1. The Morgan fingerprint density at radius 2 is 1.94 bits per heavy atom. The second-order valence-corrected chi connectivity index (χ2v) is 5.58. The Balaban J connectivity index is 2.18. The number of piperidine rings is 1. The van der Waals surface area contributed by atoms with E-state index in [9.17, 15) is 9.50 Å². The minimum atomic E-state index is -0.282. The molecule has 0 saturated carbocycles. The molecule has 0 radical (unpaired) electrons. The molecule has 1 heterocycles. The summed E-state index contributed by atoms with van der Waals surface area (Å²) in [6, 6.07) is 4.67. The third kappa shape index (κ3) is 2.78. The standard InChI is InChI=1S/C14H20FNO/c1-14(2)5-7-16(8-6-14)13-4-3-12(15)9-11(13)10-17/h3-4,9,17H,5-8,10H2,1-2H3. The number of aliphatic hydroxyl groups excluding tert-OH is 1. The number of halogens is 1. The van der Waals surface area contributed by atoms with Gasteiger partial charge in [0.1, 0.15) is 5.82 Å². The van der Waals surface area contributed by atoms with Crippen molar-refractivity contribution in [2.75, 3.05) is 18.0 Å². The van der Waals surface area contributed by atoms with Gasteiger partial charge in [0.2, 0.25) is 0 Å². The van der Waals surface area contributed by atoms with E-state index in [4.69, 9.17) is 0 Å². The summed E-state index contributed by atoms with van der Waals surface area (Å²) in [6.45, 7) is 6.41. The molecule has 1 N–H and O–H groups in total. The predicted octanol–water partition coefficient (Wildman–Crippen LogP) is 2.94. The van der Waals surface area contributed by atoms with Crippen LogP contribution in [0.3, 0.4) is 0 Å². The normalized spacial score (nSPS) is 19.4. The molecule has 3 heteroatoms. The van der Waals surface area contributed by atoms with E-state index in [0.717, 1.165) is 31.6 Å². The van der Waals surface area contributed by atoms with Crippen molar-refractivity contribution in [1.29, 1.82) is 0 Å². The van der Waals surface area contributed by atoms with E-state index in [-0.39, 0.29) is 12.4 Å². The summed E-state index contributed by atoms with van der Waals surface area (Å²) in [5, 5.41) is 9.28. The van der Waals surface area contributed by atoms with Crippen LogP contribution in [0, 0.1) is 11.2 Å². The Hall–Kier alpha value is -1.09. The summed E-state index contributed by atoms with van der Waals surface area (Å²) < 4.78 is 13.1. The summed E-state index contributed by atoms with van der Waals surface area (Å²) in [7, 11) is 0. The van der Waals surface area contributed by atoms with Crippen molar-refractivity contribution >= 4 is 5.69 Å². The van der Waals surface area contributed by atoms with Crippen LogP contribution < -0.4 is 4.90 Å². The smallest absolute Gasteiger partial charge is 0.123 e. The lowest BCUT2D eigenvalue weighted by molar-refractivity contribution is 0.272. The summed E-state index contributed by atoms with van der Waals surface area (Å²) >= 11 is 0. The number of aliphatic hydroxyl groups is 1. The first-order chi connectivity index (χ1) is 8.02. The monoisotopic (exact) mass is 237 g/mol. The molecule has 1 aliphatic heterocycles. The second kappa shape index (κ2) is 4.65. The molecule has 0 bridgehead atoms. The highest BCUT2D eigenvalue weighted by molar-refractivity contribution is 5.54. The first-order valence-corrected chi connectivity index (χ1v) is 6.16. The van der Waals surface area contributed by atoms with Gasteiger partial charge < -0.3 is 10.0 Å². The molecule has 0 spiro atoms. The van der Waals surface area contributed by atoms with Crippen LogP contribution >= 0.6 is 0 Å². The number of anilines is 1. The van der Waals surface area contributed by atoms with Crippen LogP contribution in [0.4, 0.5) is 10.1 Å². The lowest BCUT2D eigenvalue weighted by Gasteiger charge is -2.38. The molecule has 17 heavy (non-hydrogen) atoms. The van der Waals surface area contributed by atoms with Crippen LogP contribution in [0.25, 0.3) is 0 Å². The van der Waals surface area contributed by atoms with E-state index in [1.165, 1.54) is 12.1 Å². The molecule has 2 nitrogen and oxygen atoms in total. The molecule has 0 aromatic heterocycles. The molecule has 0 unspecified atom stereocenters. The fraction of sp³-hybridized carbons (Fsp3) is 0.571. The van der Waals surface area contributed by atoms with Gasteiger partial charge in [-0.3, -0.25) is 0 Å². The van der Waals surface area contributed by atoms with E-state index in [1.807, 2.05) is 0 Å². The van der Waals surface area contributed by atoms with E-state index >= 15 is 0 Å². The molecule has 1 aromatic rings. The van der Waals surface area contributed by atoms with Crippen molar-refractivity contribution < 1.29 is 9.50 Å². The molecule has 1 saturated heterocycles. The fourth-order valence-electron chi connectivity index (χ4n) is 2.34. The van der Waals surface area contributed by atoms with Gasteiger partial charge in [0.05, 0.1) is 6.61 Å². The van der Waals surface area contributed by atoms with Crippen LogP contribution in [0.1, 0.15) is 32.3 Å². The zero-order valence-corrected chi connectivity index (χ0v) is 10.5. The lowest BCUT2D eigenvalue weighted by atomic mass is 9.82. The van der Waals surface area contributed by atoms with Crippen molar-refractivity contribution in [3.05, 3.63) is 29.6 Å². The highest BCUT2D eigenvalue weighted by atomic mass is 19.1. The highest BCUT2D eigenvalue weighted by Crippen LogP contribution is 2.33. The topological polar surface area (TPSA) is 23.5 Å². The predicted molar refractivity (Wildman–Crippen MR) is 67.6 cm³/mol. The first kappa shape index (κ1) is 12.4. The number of hydrogen-bond donors (Lipinski definition) is 1. The zero-order valence-electron chi connectivity index (χ0n) is 10.5. The minimum Gasteiger partial charge on any atom is -0.392 e. The maximum Gasteiger partial charge on any atom is 0.123 e. The molecule has 0 aliphatic carbocycles. The van der Waals surface area contributed by atoms with Crippen LogP contribution in [0.15, 0.2) is 18.2 Å². The van der Waals surface area contributed by atoms with E-state index in [1.54, 1.807) is 6.07 Å². The average Bonchev–Trinajstić information content (AvgIpc) is 2.29. The Kier molecular flexibility index (Phi) is 3.38. The van der Waals surface area contributed by atoms with Crippen LogP contribution in [0.5, 0.6) is 0 Å². The van der Waals surface area contributed by atoms with Gasteiger partial charge in [-0.2, -0.15) is 0 Å². The van der Waals surface area contributed by atoms with Crippen molar-refractivity contribution in [3.8, 4) is 0 Å². The van der Waals surface area contributed by atoms with Gasteiger partial charge in [-0.1, -0.05) is 13.8 Å². The number of benzene rings is 1. The van der Waals surface area contributed by atoms with E-state index < -0.39 is 0 Å². The highest BCUT2D eigenvalue weighted by Gasteiger charge is 2.26. The maximum absolute atomic E-state index is 13.1. The van der Waals surface area contributed by atoms with Gasteiger partial charge in [0.25, 0.3) is 0 Å². The van der Waals surface area contributed by atoms with Gasteiger partial charge in [-0.25, -0.2) is 4.39 Å². The summed E-state index contributed by atoms with van der Waals surface area (Å²) in [5.74, 6) is -0.282. The summed E-state index contributed by atoms with van der Waals surface area (Å²) in [6.07, 6.45) is 2.27. The molecule has 1 aromatic carbocycles. The molecule has 94 valence electrons. The Morgan fingerprint density at radius 3 is 2.53 bits per heavy atom. The van der Waals surface area contributed by atoms with Crippen LogP contribution in [0.2, 0.25) is 0 Å². The average molecular weight is 237 g/mol. The van der Waals surface area contributed by atoms with Crippen LogP contribution in [-0.4, -0.2) is 18.2 Å². The van der Waals surface area contributed by atoms with Crippen LogP contribution in [-0.2, 0) is 6.61 Å². The van der Waals surface area contributed by atoms with Crippen molar-refractivity contribution in [2.24, 2.45) is 5.41 Å². The number of rotatable bonds is 2. The molecule has 1 aliphatic rings. The Bertz CT molecular complexity index is 393. The summed E-state index contributed by atoms with van der Waals surface area (Å²) in [5.41, 5.74) is 2.06. The van der Waals surface area contributed by atoms with Crippen molar-refractivity contribution in [3.63, 3.8) is 0 Å². The Labute approximate surface area is 102 Å². The molecule has 0 amide bonds. The zero-order chi connectivity index (χ0) is 12.5. The van der Waals surface area contributed by atoms with E-state index in [0.29, 0.717) is 11.0 Å². The van der Waals surface area contributed by atoms with Gasteiger partial charge in [-0.05, 0) is 36.5 Å². The molecule has 0 atom stereocenters. The second-order valence-electron chi connectivity index (χ2n) is 5.58. The third-order valence-corrected chi connectivity index (χ3v) is 3.67. The third-order valence-electron chi connectivity index (χ3n) is 3.67. The van der Waals surface area contributed by atoms with Gasteiger partial charge in [0, 0.05) is 24.3 Å². The molecular formula is C14H20FNO. The summed E-state index contributed by atoms with van der Waals surface area (Å²) in [4.78, 5) is 2.25. The first-order valence-electron chi connectivity index (χ1n) is 6.16. The van der Waals surface area contributed by atoms with E-state index in [2.05, 4.69) is 18.7 Å².